The summed E-state index contributed by atoms with van der Waals surface area (Å²) in [5.74, 6) is -0.380. The van der Waals surface area contributed by atoms with Gasteiger partial charge in [-0.15, -0.1) is 0 Å². The number of likely N-dealkylation sites (tertiary alicyclic amines) is 1. The SMILES string of the molecule is O=C(NCCc1ccc(C(F)(F)F)cc1)C1CCCCN1C(=O)c1ccccc1. The lowest BCUT2D eigenvalue weighted by atomic mass is 10.00. The van der Waals surface area contributed by atoms with E-state index in [-0.39, 0.29) is 11.8 Å². The van der Waals surface area contributed by atoms with Crippen LogP contribution >= 0.6 is 0 Å². The van der Waals surface area contributed by atoms with Crippen molar-refractivity contribution >= 4 is 11.8 Å². The van der Waals surface area contributed by atoms with Crippen LogP contribution < -0.4 is 5.32 Å². The molecule has 1 aliphatic rings. The molecule has 2 aromatic carbocycles. The minimum Gasteiger partial charge on any atom is -0.354 e. The van der Waals surface area contributed by atoms with Gasteiger partial charge in [0.05, 0.1) is 5.56 Å². The van der Waals surface area contributed by atoms with Crippen molar-refractivity contribution in [2.75, 3.05) is 13.1 Å². The normalized spacial score (nSPS) is 17.1. The molecule has 1 heterocycles. The van der Waals surface area contributed by atoms with Crippen molar-refractivity contribution in [3.05, 3.63) is 71.3 Å². The van der Waals surface area contributed by atoms with Crippen LogP contribution in [0.1, 0.15) is 40.7 Å². The number of nitrogens with zero attached hydrogens (tertiary/aromatic N) is 1. The molecule has 0 aliphatic carbocycles. The molecule has 1 saturated heterocycles. The van der Waals surface area contributed by atoms with E-state index in [1.165, 1.54) is 12.1 Å². The van der Waals surface area contributed by atoms with Gasteiger partial charge in [-0.3, -0.25) is 9.59 Å². The third kappa shape index (κ3) is 5.37. The van der Waals surface area contributed by atoms with E-state index in [4.69, 9.17) is 0 Å². The van der Waals surface area contributed by atoms with Crippen LogP contribution in [0, 0.1) is 0 Å². The first-order valence-electron chi connectivity index (χ1n) is 9.66. The predicted molar refractivity (Wildman–Crippen MR) is 103 cm³/mol. The number of rotatable bonds is 5. The van der Waals surface area contributed by atoms with Crippen LogP contribution in [0.25, 0.3) is 0 Å². The summed E-state index contributed by atoms with van der Waals surface area (Å²) in [6.45, 7) is 0.832. The van der Waals surface area contributed by atoms with Crippen molar-refractivity contribution in [2.24, 2.45) is 0 Å². The number of benzene rings is 2. The summed E-state index contributed by atoms with van der Waals surface area (Å²) in [5, 5.41) is 2.83. The average Bonchev–Trinajstić information content (AvgIpc) is 2.73. The van der Waals surface area contributed by atoms with E-state index >= 15 is 0 Å². The molecular formula is C22H23F3N2O2. The number of piperidine rings is 1. The minimum atomic E-state index is -4.36. The second-order valence-corrected chi connectivity index (χ2v) is 7.11. The van der Waals surface area contributed by atoms with E-state index in [0.29, 0.717) is 37.1 Å². The Kier molecular flexibility index (Phi) is 6.56. The van der Waals surface area contributed by atoms with Crippen LogP contribution in [0.5, 0.6) is 0 Å². The summed E-state index contributed by atoms with van der Waals surface area (Å²) in [6.07, 6.45) is -1.61. The van der Waals surface area contributed by atoms with Gasteiger partial charge in [-0.05, 0) is 55.5 Å². The second-order valence-electron chi connectivity index (χ2n) is 7.11. The Morgan fingerprint density at radius 3 is 2.34 bits per heavy atom. The molecule has 1 fully saturated rings. The first-order chi connectivity index (χ1) is 13.9. The lowest BCUT2D eigenvalue weighted by Gasteiger charge is -2.34. The van der Waals surface area contributed by atoms with Gasteiger partial charge in [0, 0.05) is 18.7 Å². The van der Waals surface area contributed by atoms with Gasteiger partial charge in [-0.2, -0.15) is 13.2 Å². The van der Waals surface area contributed by atoms with E-state index < -0.39 is 17.8 Å². The highest BCUT2D eigenvalue weighted by atomic mass is 19.4. The highest BCUT2D eigenvalue weighted by Gasteiger charge is 2.32. The molecule has 1 aliphatic heterocycles. The lowest BCUT2D eigenvalue weighted by molar-refractivity contribution is -0.137. The molecular weight excluding hydrogens is 381 g/mol. The van der Waals surface area contributed by atoms with Crippen molar-refractivity contribution in [3.63, 3.8) is 0 Å². The molecule has 0 aromatic heterocycles. The molecule has 29 heavy (non-hydrogen) atoms. The molecule has 1 atom stereocenters. The summed E-state index contributed by atoms with van der Waals surface area (Å²) in [4.78, 5) is 27.1. The molecule has 7 heteroatoms. The van der Waals surface area contributed by atoms with Crippen LogP contribution in [-0.2, 0) is 17.4 Å². The second kappa shape index (κ2) is 9.11. The zero-order valence-corrected chi connectivity index (χ0v) is 15.9. The highest BCUT2D eigenvalue weighted by molar-refractivity contribution is 5.97. The molecule has 0 bridgehead atoms. The third-order valence-corrected chi connectivity index (χ3v) is 5.08. The number of carbonyl (C=O) groups is 2. The van der Waals surface area contributed by atoms with Gasteiger partial charge in [0.15, 0.2) is 0 Å². The average molecular weight is 404 g/mol. The largest absolute Gasteiger partial charge is 0.416 e. The van der Waals surface area contributed by atoms with E-state index in [1.54, 1.807) is 29.2 Å². The fourth-order valence-corrected chi connectivity index (χ4v) is 3.50. The Hall–Kier alpha value is -2.83. The van der Waals surface area contributed by atoms with E-state index in [0.717, 1.165) is 25.0 Å². The zero-order chi connectivity index (χ0) is 20.9. The number of hydrogen-bond acceptors (Lipinski definition) is 2. The van der Waals surface area contributed by atoms with Gasteiger partial charge in [0.2, 0.25) is 5.91 Å². The van der Waals surface area contributed by atoms with E-state index in [1.807, 2.05) is 6.07 Å². The molecule has 154 valence electrons. The number of alkyl halides is 3. The standard InChI is InChI=1S/C22H23F3N2O2/c23-22(24,25)18-11-9-16(10-12-18)13-14-26-20(28)19-8-4-5-15-27(19)21(29)17-6-2-1-3-7-17/h1-3,6-7,9-12,19H,4-5,8,13-15H2,(H,26,28). The van der Waals surface area contributed by atoms with E-state index in [2.05, 4.69) is 5.32 Å². The smallest absolute Gasteiger partial charge is 0.354 e. The summed E-state index contributed by atoms with van der Waals surface area (Å²) >= 11 is 0. The first kappa shape index (κ1) is 20.9. The quantitative estimate of drug-likeness (QED) is 0.817. The fraction of sp³-hybridized carbons (Fsp3) is 0.364. The molecule has 2 aromatic rings. The Bertz CT molecular complexity index is 835. The van der Waals surface area contributed by atoms with Crippen LogP contribution in [0.2, 0.25) is 0 Å². The zero-order valence-electron chi connectivity index (χ0n) is 15.9. The minimum absolute atomic E-state index is 0.159. The number of amides is 2. The van der Waals surface area contributed by atoms with Gasteiger partial charge in [0.25, 0.3) is 5.91 Å². The van der Waals surface area contributed by atoms with Crippen LogP contribution in [0.4, 0.5) is 13.2 Å². The summed E-state index contributed by atoms with van der Waals surface area (Å²) in [5.41, 5.74) is 0.568. The molecule has 0 spiro atoms. The Labute approximate surface area is 167 Å². The fourth-order valence-electron chi connectivity index (χ4n) is 3.50. The Morgan fingerprint density at radius 2 is 1.69 bits per heavy atom. The maximum atomic E-state index is 12.8. The monoisotopic (exact) mass is 404 g/mol. The van der Waals surface area contributed by atoms with Gasteiger partial charge in [0.1, 0.15) is 6.04 Å². The number of hydrogen-bond donors (Lipinski definition) is 1. The van der Waals surface area contributed by atoms with Gasteiger partial charge < -0.3 is 10.2 Å². The third-order valence-electron chi connectivity index (χ3n) is 5.08. The maximum absolute atomic E-state index is 12.8. The molecule has 1 N–H and O–H groups in total. The summed E-state index contributed by atoms with van der Waals surface area (Å²) in [7, 11) is 0. The van der Waals surface area contributed by atoms with Crippen LogP contribution in [0.15, 0.2) is 54.6 Å². The number of nitrogens with one attached hydrogen (secondary N) is 1. The molecule has 0 saturated carbocycles. The van der Waals surface area contributed by atoms with Crippen molar-refractivity contribution in [1.29, 1.82) is 0 Å². The molecule has 2 amide bonds. The van der Waals surface area contributed by atoms with Gasteiger partial charge >= 0.3 is 6.18 Å². The highest BCUT2D eigenvalue weighted by Crippen LogP contribution is 2.29. The first-order valence-corrected chi connectivity index (χ1v) is 9.66. The van der Waals surface area contributed by atoms with Crippen molar-refractivity contribution in [2.45, 2.75) is 37.9 Å². The van der Waals surface area contributed by atoms with Crippen LogP contribution in [-0.4, -0.2) is 35.8 Å². The summed E-state index contributed by atoms with van der Waals surface area (Å²) in [6, 6.07) is 13.3. The van der Waals surface area contributed by atoms with E-state index in [9.17, 15) is 22.8 Å². The summed E-state index contributed by atoms with van der Waals surface area (Å²) < 4.78 is 37.9. The molecule has 3 rings (SSSR count). The molecule has 4 nitrogen and oxygen atoms in total. The van der Waals surface area contributed by atoms with Crippen LogP contribution in [0.3, 0.4) is 0 Å². The van der Waals surface area contributed by atoms with Gasteiger partial charge in [-0.25, -0.2) is 0 Å². The Morgan fingerprint density at radius 1 is 1.00 bits per heavy atom. The van der Waals surface area contributed by atoms with Crippen molar-refractivity contribution in [3.8, 4) is 0 Å². The molecule has 0 radical (unpaired) electrons. The van der Waals surface area contributed by atoms with Crippen molar-refractivity contribution < 1.29 is 22.8 Å². The predicted octanol–water partition coefficient (Wildman–Crippen LogP) is 4.06. The maximum Gasteiger partial charge on any atom is 0.416 e. The van der Waals surface area contributed by atoms with Crippen molar-refractivity contribution in [1.82, 2.24) is 10.2 Å². The Balaban J connectivity index is 1.56. The van der Waals surface area contributed by atoms with Gasteiger partial charge in [-0.1, -0.05) is 30.3 Å². The topological polar surface area (TPSA) is 49.4 Å². The molecule has 1 unspecified atom stereocenters. The lowest BCUT2D eigenvalue weighted by Crippen LogP contribution is -2.52. The number of carbonyl (C=O) groups excluding carboxylic acids is 2. The number of halogens is 3.